The molecule has 0 amide bonds. The van der Waals surface area contributed by atoms with Gasteiger partial charge in [0.15, 0.2) is 5.11 Å². The number of thiocarbonyl (C=S) groups is 1. The monoisotopic (exact) mass is 395 g/mol. The van der Waals surface area contributed by atoms with Crippen LogP contribution in [-0.4, -0.2) is 21.0 Å². The highest BCUT2D eigenvalue weighted by Gasteiger charge is 2.25. The van der Waals surface area contributed by atoms with E-state index in [1.165, 1.54) is 12.8 Å². The Morgan fingerprint density at radius 2 is 2.11 bits per heavy atom. The van der Waals surface area contributed by atoms with Crippen molar-refractivity contribution in [2.45, 2.75) is 51.7 Å². The number of rotatable bonds is 5. The Labute approximate surface area is 169 Å². The summed E-state index contributed by atoms with van der Waals surface area (Å²) < 4.78 is 5.39. The second-order valence-electron chi connectivity index (χ2n) is 7.47. The predicted molar refractivity (Wildman–Crippen MR) is 115 cm³/mol. The maximum Gasteiger partial charge on any atom is 0.253 e. The van der Waals surface area contributed by atoms with Crippen molar-refractivity contribution in [1.82, 2.24) is 15.2 Å². The first-order chi connectivity index (χ1) is 13.6. The smallest absolute Gasteiger partial charge is 0.253 e. The number of para-hydroxylation sites is 1. The summed E-state index contributed by atoms with van der Waals surface area (Å²) in [5, 5.41) is 5.02. The summed E-state index contributed by atoms with van der Waals surface area (Å²) in [6.45, 7) is 3.06. The Balaban J connectivity index is 1.58. The molecule has 146 valence electrons. The Kier molecular flexibility index (Phi) is 5.48. The van der Waals surface area contributed by atoms with Gasteiger partial charge in [-0.1, -0.05) is 31.0 Å². The average Bonchev–Trinajstić information content (AvgIpc) is 3.39. The second-order valence-corrected chi connectivity index (χ2v) is 7.85. The van der Waals surface area contributed by atoms with Gasteiger partial charge in [0.25, 0.3) is 5.56 Å². The first-order valence-electron chi connectivity index (χ1n) is 9.80. The van der Waals surface area contributed by atoms with Crippen LogP contribution >= 0.6 is 12.2 Å². The van der Waals surface area contributed by atoms with Crippen LogP contribution in [0.15, 0.2) is 51.9 Å². The molecule has 2 aromatic heterocycles. The van der Waals surface area contributed by atoms with Gasteiger partial charge in [-0.3, -0.25) is 4.79 Å². The van der Waals surface area contributed by atoms with Gasteiger partial charge < -0.3 is 19.6 Å². The molecule has 2 N–H and O–H groups in total. The van der Waals surface area contributed by atoms with Crippen LogP contribution in [0.1, 0.15) is 42.6 Å². The number of hydrogen-bond acceptors (Lipinski definition) is 3. The number of benzene rings is 1. The summed E-state index contributed by atoms with van der Waals surface area (Å²) >= 11 is 5.71. The zero-order valence-corrected chi connectivity index (χ0v) is 16.8. The SMILES string of the molecule is Cc1cccc2cc(CN(C(=S)NCc3ccco3)C3CCCC3)c(=O)[nH]c12. The summed E-state index contributed by atoms with van der Waals surface area (Å²) in [6.07, 6.45) is 6.27. The maximum atomic E-state index is 12.7. The third kappa shape index (κ3) is 3.97. The number of nitrogens with zero attached hydrogens (tertiary/aromatic N) is 1. The van der Waals surface area contributed by atoms with Crippen molar-refractivity contribution in [3.8, 4) is 0 Å². The molecule has 3 aromatic rings. The van der Waals surface area contributed by atoms with Crippen molar-refractivity contribution < 1.29 is 4.42 Å². The lowest BCUT2D eigenvalue weighted by atomic mass is 10.1. The quantitative estimate of drug-likeness (QED) is 0.633. The largest absolute Gasteiger partial charge is 0.467 e. The average molecular weight is 396 g/mol. The molecular formula is C22H25N3O2S. The fourth-order valence-corrected chi connectivity index (χ4v) is 4.28. The van der Waals surface area contributed by atoms with Gasteiger partial charge in [0, 0.05) is 11.6 Å². The van der Waals surface area contributed by atoms with Crippen molar-refractivity contribution >= 4 is 28.2 Å². The Morgan fingerprint density at radius 1 is 1.29 bits per heavy atom. The van der Waals surface area contributed by atoms with Gasteiger partial charge in [0.05, 0.1) is 24.9 Å². The topological polar surface area (TPSA) is 61.3 Å². The Morgan fingerprint density at radius 3 is 2.86 bits per heavy atom. The standard InChI is InChI=1S/C22H25N3O2S/c1-15-6-4-7-16-12-17(21(26)24-20(15)16)14-25(18-8-2-3-9-18)22(28)23-13-19-10-5-11-27-19/h4-7,10-12,18H,2-3,8-9,13-14H2,1H3,(H,23,28)(H,24,26). The van der Waals surface area contributed by atoms with E-state index in [0.29, 0.717) is 24.2 Å². The van der Waals surface area contributed by atoms with Crippen molar-refractivity contribution in [3.63, 3.8) is 0 Å². The van der Waals surface area contributed by atoms with E-state index in [1.54, 1.807) is 6.26 Å². The van der Waals surface area contributed by atoms with Gasteiger partial charge in [-0.2, -0.15) is 0 Å². The summed E-state index contributed by atoms with van der Waals surface area (Å²) in [5.41, 5.74) is 2.68. The minimum absolute atomic E-state index is 0.0429. The molecule has 28 heavy (non-hydrogen) atoms. The van der Waals surface area contributed by atoms with E-state index in [1.807, 2.05) is 43.3 Å². The molecule has 0 atom stereocenters. The van der Waals surface area contributed by atoms with Crippen molar-refractivity contribution in [2.75, 3.05) is 0 Å². The van der Waals surface area contributed by atoms with Crippen molar-refractivity contribution in [1.29, 1.82) is 0 Å². The molecule has 5 nitrogen and oxygen atoms in total. The highest BCUT2D eigenvalue weighted by atomic mass is 32.1. The van der Waals surface area contributed by atoms with E-state index in [2.05, 4.69) is 15.2 Å². The van der Waals surface area contributed by atoms with Gasteiger partial charge in [-0.15, -0.1) is 0 Å². The van der Waals surface area contributed by atoms with E-state index in [-0.39, 0.29) is 5.56 Å². The minimum Gasteiger partial charge on any atom is -0.467 e. The van der Waals surface area contributed by atoms with E-state index in [4.69, 9.17) is 16.6 Å². The summed E-state index contributed by atoms with van der Waals surface area (Å²) in [5.74, 6) is 0.841. The summed E-state index contributed by atoms with van der Waals surface area (Å²) in [7, 11) is 0. The Bertz CT molecular complexity index is 1020. The van der Waals surface area contributed by atoms with E-state index >= 15 is 0 Å². The molecule has 0 aliphatic heterocycles. The lowest BCUT2D eigenvalue weighted by molar-refractivity contribution is 0.301. The highest BCUT2D eigenvalue weighted by Crippen LogP contribution is 2.25. The Hall–Kier alpha value is -2.60. The highest BCUT2D eigenvalue weighted by molar-refractivity contribution is 7.80. The fraction of sp³-hybridized carbons (Fsp3) is 0.364. The third-order valence-corrected chi connectivity index (χ3v) is 5.90. The third-order valence-electron chi connectivity index (χ3n) is 5.53. The molecule has 1 aliphatic rings. The van der Waals surface area contributed by atoms with Crippen LogP contribution in [0.4, 0.5) is 0 Å². The van der Waals surface area contributed by atoms with Crippen molar-refractivity contribution in [3.05, 3.63) is 69.9 Å². The molecular weight excluding hydrogens is 370 g/mol. The van der Waals surface area contributed by atoms with E-state index < -0.39 is 0 Å². The first kappa shape index (κ1) is 18.7. The molecule has 6 heteroatoms. The van der Waals surface area contributed by atoms with Crippen LogP contribution in [0.3, 0.4) is 0 Å². The molecule has 0 radical (unpaired) electrons. The molecule has 1 aliphatic carbocycles. The van der Waals surface area contributed by atoms with Gasteiger partial charge in [0.1, 0.15) is 5.76 Å². The number of hydrogen-bond donors (Lipinski definition) is 2. The minimum atomic E-state index is -0.0429. The normalized spacial score (nSPS) is 14.5. The lowest BCUT2D eigenvalue weighted by Crippen LogP contribution is -2.45. The van der Waals surface area contributed by atoms with Gasteiger partial charge in [0.2, 0.25) is 0 Å². The van der Waals surface area contributed by atoms with Crippen LogP contribution in [0.25, 0.3) is 10.9 Å². The number of H-pyrrole nitrogens is 1. The zero-order chi connectivity index (χ0) is 19.5. The summed E-state index contributed by atoms with van der Waals surface area (Å²) in [4.78, 5) is 18.0. The molecule has 1 fully saturated rings. The van der Waals surface area contributed by atoms with Gasteiger partial charge >= 0.3 is 0 Å². The maximum absolute atomic E-state index is 12.7. The zero-order valence-electron chi connectivity index (χ0n) is 16.0. The van der Waals surface area contributed by atoms with Crippen LogP contribution in [0.5, 0.6) is 0 Å². The molecule has 0 unspecified atom stereocenters. The van der Waals surface area contributed by atoms with E-state index in [9.17, 15) is 4.79 Å². The van der Waals surface area contributed by atoms with Gasteiger partial charge in [-0.05, 0) is 61.1 Å². The van der Waals surface area contributed by atoms with Crippen LogP contribution in [0, 0.1) is 6.92 Å². The molecule has 1 saturated carbocycles. The van der Waals surface area contributed by atoms with Crippen LogP contribution in [0.2, 0.25) is 0 Å². The number of aromatic nitrogens is 1. The molecule has 0 bridgehead atoms. The molecule has 0 spiro atoms. The van der Waals surface area contributed by atoms with Crippen molar-refractivity contribution in [2.24, 2.45) is 0 Å². The number of pyridine rings is 1. The number of furan rings is 1. The molecule has 4 rings (SSSR count). The van der Waals surface area contributed by atoms with E-state index in [0.717, 1.165) is 40.6 Å². The molecule has 1 aromatic carbocycles. The number of aromatic amines is 1. The van der Waals surface area contributed by atoms with Crippen LogP contribution < -0.4 is 10.9 Å². The fourth-order valence-electron chi connectivity index (χ4n) is 3.99. The predicted octanol–water partition coefficient (Wildman–Crippen LogP) is 4.25. The van der Waals surface area contributed by atoms with Crippen LogP contribution in [-0.2, 0) is 13.1 Å². The number of fused-ring (bicyclic) bond motifs is 1. The first-order valence-corrected chi connectivity index (χ1v) is 10.2. The number of nitrogens with one attached hydrogen (secondary N) is 2. The van der Waals surface area contributed by atoms with Gasteiger partial charge in [-0.25, -0.2) is 0 Å². The lowest BCUT2D eigenvalue weighted by Gasteiger charge is -2.31. The summed E-state index contributed by atoms with van der Waals surface area (Å²) in [6, 6.07) is 12.2. The molecule has 2 heterocycles. The second kappa shape index (κ2) is 8.19. The molecule has 0 saturated heterocycles. The number of aryl methyl sites for hydroxylation is 1.